The average molecular weight is 355 g/mol. The van der Waals surface area contributed by atoms with Crippen molar-refractivity contribution < 1.29 is 13.7 Å². The first-order chi connectivity index (χ1) is 12.8. The molecule has 4 rings (SSSR count). The van der Waals surface area contributed by atoms with Crippen LogP contribution in [0.2, 0.25) is 0 Å². The number of halogens is 1. The second-order valence-electron chi connectivity index (χ2n) is 5.94. The van der Waals surface area contributed by atoms with Gasteiger partial charge in [-0.25, -0.2) is 14.4 Å². The van der Waals surface area contributed by atoms with Crippen LogP contribution in [-0.2, 0) is 11.2 Å². The van der Waals surface area contributed by atoms with Gasteiger partial charge in [-0.3, -0.25) is 0 Å². The number of aryl methyl sites for hydroxylation is 1. The van der Waals surface area contributed by atoms with Crippen LogP contribution < -0.4 is 4.90 Å². The van der Waals surface area contributed by atoms with E-state index in [-0.39, 0.29) is 11.6 Å². The molecule has 26 heavy (non-hydrogen) atoms. The van der Waals surface area contributed by atoms with Crippen molar-refractivity contribution in [3.63, 3.8) is 0 Å². The lowest BCUT2D eigenvalue weighted by molar-refractivity contribution is 0.0321. The minimum absolute atomic E-state index is 0.289. The maximum absolute atomic E-state index is 14.6. The van der Waals surface area contributed by atoms with Gasteiger partial charge in [0.1, 0.15) is 12.4 Å². The van der Waals surface area contributed by atoms with E-state index in [0.717, 1.165) is 5.56 Å². The van der Waals surface area contributed by atoms with E-state index in [1.807, 2.05) is 42.2 Å². The van der Waals surface area contributed by atoms with Gasteiger partial charge in [-0.2, -0.15) is 4.98 Å². The second kappa shape index (κ2) is 7.17. The summed E-state index contributed by atoms with van der Waals surface area (Å²) in [5.41, 5.74) is 1.25. The summed E-state index contributed by atoms with van der Waals surface area (Å²) in [6, 6.07) is 9.52. The highest BCUT2D eigenvalue weighted by molar-refractivity contribution is 5.52. The quantitative estimate of drug-likeness (QED) is 0.712. The van der Waals surface area contributed by atoms with Gasteiger partial charge in [-0.05, 0) is 18.6 Å². The van der Waals surface area contributed by atoms with Crippen molar-refractivity contribution in [1.82, 2.24) is 20.1 Å². The maximum Gasteiger partial charge on any atom is 0.258 e. The number of anilines is 1. The summed E-state index contributed by atoms with van der Waals surface area (Å²) in [6.45, 7) is 3.22. The third-order valence-electron chi connectivity index (χ3n) is 4.29. The largest absolute Gasteiger partial charge is 0.366 e. The Bertz CT molecular complexity index is 886. The molecule has 0 bridgehead atoms. The fourth-order valence-corrected chi connectivity index (χ4v) is 2.92. The van der Waals surface area contributed by atoms with Crippen LogP contribution in [0.1, 0.15) is 24.5 Å². The van der Waals surface area contributed by atoms with Crippen LogP contribution in [0.4, 0.5) is 10.2 Å². The molecule has 0 radical (unpaired) electrons. The van der Waals surface area contributed by atoms with Gasteiger partial charge in [0.05, 0.1) is 18.8 Å². The lowest BCUT2D eigenvalue weighted by Crippen LogP contribution is -2.40. The van der Waals surface area contributed by atoms with E-state index in [2.05, 4.69) is 20.1 Å². The Kier molecular flexibility index (Phi) is 4.57. The first kappa shape index (κ1) is 16.6. The van der Waals surface area contributed by atoms with Crippen LogP contribution in [0.3, 0.4) is 0 Å². The van der Waals surface area contributed by atoms with Gasteiger partial charge in [0.15, 0.2) is 11.6 Å². The number of rotatable bonds is 4. The third-order valence-corrected chi connectivity index (χ3v) is 4.29. The van der Waals surface area contributed by atoms with Crippen LogP contribution in [0.25, 0.3) is 11.5 Å². The predicted octanol–water partition coefficient (Wildman–Crippen LogP) is 2.81. The van der Waals surface area contributed by atoms with Crippen LogP contribution >= 0.6 is 0 Å². The Morgan fingerprint density at radius 1 is 1.23 bits per heavy atom. The van der Waals surface area contributed by atoms with Gasteiger partial charge in [0.2, 0.25) is 5.82 Å². The standard InChI is InChI=1S/C18H18FN5O2/c1-2-13-15(19)17(21-11-20-13)24-8-9-25-14(10-24)16-22-18(26-23-16)12-6-4-3-5-7-12/h3-7,11,14H,2,8-10H2,1H3/t14-/m1/s1. The molecule has 0 amide bonds. The molecule has 1 fully saturated rings. The number of hydrogen-bond acceptors (Lipinski definition) is 7. The second-order valence-corrected chi connectivity index (χ2v) is 5.94. The summed E-state index contributed by atoms with van der Waals surface area (Å²) < 4.78 is 25.7. The fourth-order valence-electron chi connectivity index (χ4n) is 2.92. The summed E-state index contributed by atoms with van der Waals surface area (Å²) in [5, 5.41) is 4.04. The number of nitrogens with zero attached hydrogens (tertiary/aromatic N) is 5. The molecule has 3 aromatic rings. The summed E-state index contributed by atoms with van der Waals surface area (Å²) in [7, 11) is 0. The Morgan fingerprint density at radius 2 is 2.08 bits per heavy atom. The highest BCUT2D eigenvalue weighted by atomic mass is 19.1. The first-order valence-electron chi connectivity index (χ1n) is 8.51. The maximum atomic E-state index is 14.6. The van der Waals surface area contributed by atoms with E-state index in [9.17, 15) is 4.39 Å². The first-order valence-corrected chi connectivity index (χ1v) is 8.51. The summed E-state index contributed by atoms with van der Waals surface area (Å²) in [6.07, 6.45) is 1.49. The van der Waals surface area contributed by atoms with Crippen LogP contribution in [0, 0.1) is 5.82 Å². The monoisotopic (exact) mass is 355 g/mol. The van der Waals surface area contributed by atoms with Crippen LogP contribution in [-0.4, -0.2) is 39.8 Å². The van der Waals surface area contributed by atoms with E-state index in [1.54, 1.807) is 0 Å². The van der Waals surface area contributed by atoms with Crippen molar-refractivity contribution >= 4 is 5.82 Å². The molecule has 3 heterocycles. The van der Waals surface area contributed by atoms with Gasteiger partial charge >= 0.3 is 0 Å². The normalized spacial score (nSPS) is 17.5. The summed E-state index contributed by atoms with van der Waals surface area (Å²) in [5.74, 6) is 0.784. The molecule has 134 valence electrons. The molecular weight excluding hydrogens is 337 g/mol. The van der Waals surface area contributed by atoms with Crippen molar-refractivity contribution in [1.29, 1.82) is 0 Å². The molecule has 0 N–H and O–H groups in total. The number of aromatic nitrogens is 4. The minimum atomic E-state index is -0.413. The van der Waals surface area contributed by atoms with Crippen molar-refractivity contribution in [2.75, 3.05) is 24.6 Å². The lowest BCUT2D eigenvalue weighted by atomic mass is 10.2. The molecule has 0 unspecified atom stereocenters. The van der Waals surface area contributed by atoms with Gasteiger partial charge in [0.25, 0.3) is 5.89 Å². The highest BCUT2D eigenvalue weighted by Crippen LogP contribution is 2.27. The van der Waals surface area contributed by atoms with Crippen molar-refractivity contribution in [2.24, 2.45) is 0 Å². The fraction of sp³-hybridized carbons (Fsp3) is 0.333. The summed E-state index contributed by atoms with van der Waals surface area (Å²) >= 11 is 0. The topological polar surface area (TPSA) is 77.2 Å². The zero-order valence-corrected chi connectivity index (χ0v) is 14.3. The molecule has 1 saturated heterocycles. The molecule has 7 nitrogen and oxygen atoms in total. The smallest absolute Gasteiger partial charge is 0.258 e. The molecule has 0 saturated carbocycles. The Hall–Kier alpha value is -2.87. The number of hydrogen-bond donors (Lipinski definition) is 0. The molecule has 1 aliphatic rings. The summed E-state index contributed by atoms with van der Waals surface area (Å²) in [4.78, 5) is 14.4. The van der Waals surface area contributed by atoms with E-state index >= 15 is 0 Å². The van der Waals surface area contributed by atoms with Gasteiger partial charge in [0, 0.05) is 12.1 Å². The molecule has 1 aliphatic heterocycles. The van der Waals surface area contributed by atoms with Crippen molar-refractivity contribution in [3.05, 3.63) is 54.0 Å². The number of benzene rings is 1. The minimum Gasteiger partial charge on any atom is -0.366 e. The van der Waals surface area contributed by atoms with Gasteiger partial charge in [-0.15, -0.1) is 0 Å². The molecular formula is C18H18FN5O2. The predicted molar refractivity (Wildman–Crippen MR) is 92.0 cm³/mol. The Balaban J connectivity index is 1.55. The van der Waals surface area contributed by atoms with E-state index < -0.39 is 6.10 Å². The number of ether oxygens (including phenoxy) is 1. The molecule has 2 aromatic heterocycles. The molecule has 0 spiro atoms. The van der Waals surface area contributed by atoms with Crippen LogP contribution in [0.15, 0.2) is 41.2 Å². The average Bonchev–Trinajstić information content (AvgIpc) is 3.19. The third kappa shape index (κ3) is 3.15. The Morgan fingerprint density at radius 3 is 2.88 bits per heavy atom. The number of morpholine rings is 1. The van der Waals surface area contributed by atoms with Crippen molar-refractivity contribution in [3.8, 4) is 11.5 Å². The van der Waals surface area contributed by atoms with Crippen molar-refractivity contribution in [2.45, 2.75) is 19.4 Å². The molecule has 1 atom stereocenters. The SMILES string of the molecule is CCc1ncnc(N2CCO[C@@H](c3noc(-c4ccccc4)n3)C2)c1F. The van der Waals surface area contributed by atoms with Gasteiger partial charge < -0.3 is 14.2 Å². The van der Waals surface area contributed by atoms with Crippen LogP contribution in [0.5, 0.6) is 0 Å². The van der Waals surface area contributed by atoms with E-state index in [0.29, 0.717) is 43.5 Å². The molecule has 0 aliphatic carbocycles. The Labute approximate surface area is 149 Å². The highest BCUT2D eigenvalue weighted by Gasteiger charge is 2.29. The van der Waals surface area contributed by atoms with E-state index in [4.69, 9.17) is 9.26 Å². The molecule has 8 heteroatoms. The van der Waals surface area contributed by atoms with Gasteiger partial charge in [-0.1, -0.05) is 30.3 Å². The molecule has 1 aromatic carbocycles. The lowest BCUT2D eigenvalue weighted by Gasteiger charge is -2.32. The zero-order chi connectivity index (χ0) is 17.9. The van der Waals surface area contributed by atoms with E-state index in [1.165, 1.54) is 6.33 Å². The zero-order valence-electron chi connectivity index (χ0n) is 14.3.